The maximum Gasteiger partial charge on any atom is 0.225 e. The Morgan fingerprint density at radius 3 is 2.48 bits per heavy atom. The Morgan fingerprint density at radius 1 is 1.19 bits per heavy atom. The van der Waals surface area contributed by atoms with E-state index in [2.05, 4.69) is 16.0 Å². The van der Waals surface area contributed by atoms with E-state index >= 15 is 0 Å². The molecule has 21 heavy (non-hydrogen) atoms. The number of halogens is 1. The summed E-state index contributed by atoms with van der Waals surface area (Å²) in [7, 11) is 0. The highest BCUT2D eigenvalue weighted by Crippen LogP contribution is 2.13. The molecule has 3 N–H and O–H groups in total. The summed E-state index contributed by atoms with van der Waals surface area (Å²) >= 11 is 0. The Labute approximate surface area is 134 Å². The van der Waals surface area contributed by atoms with Gasteiger partial charge in [0.05, 0.1) is 0 Å². The second-order valence-electron chi connectivity index (χ2n) is 6.61. The molecule has 1 aliphatic heterocycles. The van der Waals surface area contributed by atoms with E-state index in [1.54, 1.807) is 0 Å². The van der Waals surface area contributed by atoms with Crippen LogP contribution in [0.15, 0.2) is 0 Å². The van der Waals surface area contributed by atoms with Crippen LogP contribution in [0.1, 0.15) is 46.5 Å². The maximum atomic E-state index is 11.6. The molecule has 1 rings (SSSR count). The Morgan fingerprint density at radius 2 is 1.90 bits per heavy atom. The third kappa shape index (κ3) is 8.94. The van der Waals surface area contributed by atoms with E-state index in [-0.39, 0.29) is 24.2 Å². The van der Waals surface area contributed by atoms with Gasteiger partial charge in [0.1, 0.15) is 0 Å². The number of hydrogen-bond donors (Lipinski definition) is 3. The molecule has 0 spiro atoms. The van der Waals surface area contributed by atoms with Crippen LogP contribution in [-0.2, 0) is 9.59 Å². The molecule has 124 valence electrons. The zero-order valence-electron chi connectivity index (χ0n) is 13.5. The third-order valence-electron chi connectivity index (χ3n) is 3.59. The summed E-state index contributed by atoms with van der Waals surface area (Å²) in [5.41, 5.74) is -0.398. The fourth-order valence-corrected chi connectivity index (χ4v) is 2.23. The van der Waals surface area contributed by atoms with Gasteiger partial charge in [-0.1, -0.05) is 20.8 Å². The van der Waals surface area contributed by atoms with E-state index in [0.29, 0.717) is 18.9 Å². The van der Waals surface area contributed by atoms with E-state index in [1.165, 1.54) is 12.8 Å². The van der Waals surface area contributed by atoms with Crippen molar-refractivity contribution < 1.29 is 9.59 Å². The minimum atomic E-state index is -0.398. The van der Waals surface area contributed by atoms with Gasteiger partial charge in [0, 0.05) is 24.9 Å². The molecule has 1 fully saturated rings. The van der Waals surface area contributed by atoms with Crippen LogP contribution in [0.2, 0.25) is 0 Å². The van der Waals surface area contributed by atoms with Crippen molar-refractivity contribution in [3.8, 4) is 0 Å². The first kappa shape index (κ1) is 20.2. The topological polar surface area (TPSA) is 70.2 Å². The second kappa shape index (κ2) is 10.0. The Balaban J connectivity index is 0.00000400. The normalized spacial score (nSPS) is 18.5. The molecular weight excluding hydrogens is 290 g/mol. The number of carbonyl (C=O) groups excluding carboxylic acids is 2. The molecule has 0 radical (unpaired) electrons. The standard InChI is InChI=1S/C15H29N3O2.ClH/c1-15(2,3)14(20)18-10-7-13(19)17-9-6-12-5-4-8-16-11-12;/h12,16H,4-11H2,1-3H3,(H,17,19)(H,18,20);1H. The highest BCUT2D eigenvalue weighted by Gasteiger charge is 2.20. The van der Waals surface area contributed by atoms with E-state index in [9.17, 15) is 9.59 Å². The van der Waals surface area contributed by atoms with Crippen LogP contribution in [0.3, 0.4) is 0 Å². The van der Waals surface area contributed by atoms with Crippen LogP contribution < -0.4 is 16.0 Å². The Kier molecular flexibility index (Phi) is 9.62. The molecule has 1 aliphatic rings. The van der Waals surface area contributed by atoms with Gasteiger partial charge in [-0.05, 0) is 38.3 Å². The van der Waals surface area contributed by atoms with E-state index in [0.717, 1.165) is 26.1 Å². The lowest BCUT2D eigenvalue weighted by atomic mass is 9.96. The maximum absolute atomic E-state index is 11.6. The van der Waals surface area contributed by atoms with Crippen molar-refractivity contribution in [2.45, 2.75) is 46.5 Å². The van der Waals surface area contributed by atoms with E-state index < -0.39 is 5.41 Å². The van der Waals surface area contributed by atoms with Gasteiger partial charge in [0.25, 0.3) is 0 Å². The Bertz CT molecular complexity index is 323. The molecule has 0 saturated carbocycles. The average molecular weight is 320 g/mol. The quantitative estimate of drug-likeness (QED) is 0.694. The van der Waals surface area contributed by atoms with Gasteiger partial charge >= 0.3 is 0 Å². The van der Waals surface area contributed by atoms with Crippen molar-refractivity contribution in [3.63, 3.8) is 0 Å². The number of rotatable bonds is 6. The minimum Gasteiger partial charge on any atom is -0.356 e. The molecule has 5 nitrogen and oxygen atoms in total. The number of hydrogen-bond acceptors (Lipinski definition) is 3. The first-order valence-electron chi connectivity index (χ1n) is 7.65. The summed E-state index contributed by atoms with van der Waals surface area (Å²) in [6.45, 7) is 8.92. The fraction of sp³-hybridized carbons (Fsp3) is 0.867. The lowest BCUT2D eigenvalue weighted by Crippen LogP contribution is -2.38. The van der Waals surface area contributed by atoms with Crippen molar-refractivity contribution in [1.29, 1.82) is 0 Å². The highest BCUT2D eigenvalue weighted by atomic mass is 35.5. The van der Waals surface area contributed by atoms with Gasteiger partial charge < -0.3 is 16.0 Å². The average Bonchev–Trinajstić information content (AvgIpc) is 2.38. The van der Waals surface area contributed by atoms with E-state index in [1.807, 2.05) is 20.8 Å². The molecule has 1 heterocycles. The van der Waals surface area contributed by atoms with Crippen molar-refractivity contribution in [2.75, 3.05) is 26.2 Å². The summed E-state index contributed by atoms with van der Waals surface area (Å²) in [6, 6.07) is 0. The molecule has 0 bridgehead atoms. The van der Waals surface area contributed by atoms with Crippen LogP contribution in [0.25, 0.3) is 0 Å². The first-order chi connectivity index (χ1) is 9.39. The molecule has 0 aromatic rings. The van der Waals surface area contributed by atoms with Gasteiger partial charge in [-0.15, -0.1) is 12.4 Å². The first-order valence-corrected chi connectivity index (χ1v) is 7.65. The van der Waals surface area contributed by atoms with Crippen molar-refractivity contribution >= 4 is 24.2 Å². The molecule has 1 atom stereocenters. The van der Waals surface area contributed by atoms with Crippen LogP contribution in [-0.4, -0.2) is 38.0 Å². The van der Waals surface area contributed by atoms with E-state index in [4.69, 9.17) is 0 Å². The van der Waals surface area contributed by atoms with Crippen LogP contribution in [0.4, 0.5) is 0 Å². The molecular formula is C15H30ClN3O2. The summed E-state index contributed by atoms with van der Waals surface area (Å²) in [4.78, 5) is 23.3. The lowest BCUT2D eigenvalue weighted by Gasteiger charge is -2.22. The third-order valence-corrected chi connectivity index (χ3v) is 3.59. The van der Waals surface area contributed by atoms with Crippen LogP contribution >= 0.6 is 12.4 Å². The summed E-state index contributed by atoms with van der Waals surface area (Å²) in [5, 5.41) is 9.08. The smallest absolute Gasteiger partial charge is 0.225 e. The van der Waals surface area contributed by atoms with Gasteiger partial charge in [0.15, 0.2) is 0 Å². The number of amides is 2. The van der Waals surface area contributed by atoms with Gasteiger partial charge in [-0.3, -0.25) is 9.59 Å². The van der Waals surface area contributed by atoms with Crippen molar-refractivity contribution in [1.82, 2.24) is 16.0 Å². The van der Waals surface area contributed by atoms with Gasteiger partial charge in [-0.25, -0.2) is 0 Å². The zero-order valence-corrected chi connectivity index (χ0v) is 14.3. The minimum absolute atomic E-state index is 0. The summed E-state index contributed by atoms with van der Waals surface area (Å²) in [5.74, 6) is 0.686. The SMILES string of the molecule is CC(C)(C)C(=O)NCCC(=O)NCCC1CCCNC1.Cl. The monoisotopic (exact) mass is 319 g/mol. The summed E-state index contributed by atoms with van der Waals surface area (Å²) < 4.78 is 0. The lowest BCUT2D eigenvalue weighted by molar-refractivity contribution is -0.128. The van der Waals surface area contributed by atoms with Crippen molar-refractivity contribution in [3.05, 3.63) is 0 Å². The Hall–Kier alpha value is -0.810. The molecule has 0 aliphatic carbocycles. The van der Waals surface area contributed by atoms with Gasteiger partial charge in [0.2, 0.25) is 11.8 Å². The number of piperidine rings is 1. The molecule has 2 amide bonds. The summed E-state index contributed by atoms with van der Waals surface area (Å²) in [6.07, 6.45) is 3.87. The molecule has 0 aromatic carbocycles. The zero-order chi connectivity index (χ0) is 15.0. The molecule has 6 heteroatoms. The second-order valence-corrected chi connectivity index (χ2v) is 6.61. The molecule has 1 saturated heterocycles. The molecule has 0 aromatic heterocycles. The predicted molar refractivity (Wildman–Crippen MR) is 87.6 cm³/mol. The number of nitrogens with one attached hydrogen (secondary N) is 3. The van der Waals surface area contributed by atoms with Crippen molar-refractivity contribution in [2.24, 2.45) is 11.3 Å². The largest absolute Gasteiger partial charge is 0.356 e. The predicted octanol–water partition coefficient (Wildman–Crippen LogP) is 1.47. The number of carbonyl (C=O) groups is 2. The van der Waals surface area contributed by atoms with Crippen LogP contribution in [0, 0.1) is 11.3 Å². The van der Waals surface area contributed by atoms with Gasteiger partial charge in [-0.2, -0.15) is 0 Å². The van der Waals surface area contributed by atoms with Crippen LogP contribution in [0.5, 0.6) is 0 Å². The fourth-order valence-electron chi connectivity index (χ4n) is 2.23. The molecule has 1 unspecified atom stereocenters. The highest BCUT2D eigenvalue weighted by molar-refractivity contribution is 5.85.